The number of ether oxygens (including phenoxy) is 1. The molecule has 2 heterocycles. The fourth-order valence-corrected chi connectivity index (χ4v) is 8.65. The third kappa shape index (κ3) is 7.95. The molecular weight excluding hydrogens is 940 g/mol. The summed E-state index contributed by atoms with van der Waals surface area (Å²) in [5.74, 6) is 3.97. The average Bonchev–Trinajstić information content (AvgIpc) is 3.85. The van der Waals surface area contributed by atoms with E-state index in [-0.39, 0.29) is 32.9 Å². The zero-order chi connectivity index (χ0) is 42.4. The predicted octanol–water partition coefficient (Wildman–Crippen LogP) is 15.2. The second-order valence-corrected chi connectivity index (χ2v) is 17.3. The Kier molecular flexibility index (Phi) is 12.2. The van der Waals surface area contributed by atoms with Gasteiger partial charge in [-0.25, -0.2) is 0 Å². The predicted molar refractivity (Wildman–Crippen MR) is 253 cm³/mol. The van der Waals surface area contributed by atoms with Crippen LogP contribution in [0.15, 0.2) is 146 Å². The number of rotatable bonds is 11. The van der Waals surface area contributed by atoms with Gasteiger partial charge in [-0.2, -0.15) is 0 Å². The molecule has 7 aromatic carbocycles. The van der Waals surface area contributed by atoms with Crippen molar-refractivity contribution in [3.8, 4) is 56.8 Å². The van der Waals surface area contributed by atoms with Gasteiger partial charge in [-0.15, -0.1) is 47.5 Å². The topological polar surface area (TPSA) is 44.9 Å². The van der Waals surface area contributed by atoms with E-state index in [1.54, 1.807) is 0 Å². The van der Waals surface area contributed by atoms with Crippen molar-refractivity contribution in [1.82, 2.24) is 19.1 Å². The maximum atomic E-state index is 6.67. The Bertz CT molecular complexity index is 2970. The molecule has 0 N–H and O–H groups in total. The van der Waals surface area contributed by atoms with E-state index in [2.05, 4.69) is 198 Å². The van der Waals surface area contributed by atoms with Gasteiger partial charge in [-0.05, 0) is 93.5 Å². The summed E-state index contributed by atoms with van der Waals surface area (Å²) in [5, 5.41) is 0. The third-order valence-electron chi connectivity index (χ3n) is 11.7. The molecule has 0 spiro atoms. The molecule has 0 atom stereocenters. The minimum atomic E-state index is 0. The molecule has 62 heavy (non-hydrogen) atoms. The summed E-state index contributed by atoms with van der Waals surface area (Å²) in [7, 11) is 0. The molecule has 0 saturated carbocycles. The van der Waals surface area contributed by atoms with E-state index in [1.165, 1.54) is 44.8 Å². The van der Waals surface area contributed by atoms with Crippen LogP contribution in [0.4, 0.5) is 0 Å². The molecule has 0 fully saturated rings. The molecule has 0 aliphatic rings. The minimum absolute atomic E-state index is 0. The van der Waals surface area contributed by atoms with Crippen LogP contribution in [0, 0.1) is 12.1 Å². The van der Waals surface area contributed by atoms with Gasteiger partial charge < -0.3 is 13.9 Å². The Morgan fingerprint density at radius 3 is 1.27 bits per heavy atom. The molecule has 0 unspecified atom stereocenters. The molecule has 5 nitrogen and oxygen atoms in total. The van der Waals surface area contributed by atoms with Crippen LogP contribution in [-0.4, -0.2) is 19.1 Å². The first-order valence-corrected chi connectivity index (χ1v) is 21.6. The van der Waals surface area contributed by atoms with Crippen LogP contribution in [0.1, 0.15) is 101 Å². The van der Waals surface area contributed by atoms with E-state index < -0.39 is 0 Å². The zero-order valence-electron chi connectivity index (χ0n) is 36.7. The van der Waals surface area contributed by atoms with Crippen molar-refractivity contribution >= 4 is 22.1 Å². The van der Waals surface area contributed by atoms with E-state index in [0.717, 1.165) is 44.8 Å². The molecule has 0 saturated heterocycles. The fourth-order valence-electron chi connectivity index (χ4n) is 8.65. The number of hydrogen-bond donors (Lipinski definition) is 0. The van der Waals surface area contributed by atoms with Crippen LogP contribution in [-0.2, 0) is 21.1 Å². The monoisotopic (exact) mass is 991 g/mol. The van der Waals surface area contributed by atoms with Crippen molar-refractivity contribution in [2.75, 3.05) is 0 Å². The van der Waals surface area contributed by atoms with E-state index >= 15 is 0 Å². The summed E-state index contributed by atoms with van der Waals surface area (Å²) in [5.41, 5.74) is 15.6. The first-order valence-electron chi connectivity index (χ1n) is 21.6. The Hall–Kier alpha value is -6.03. The Labute approximate surface area is 380 Å². The van der Waals surface area contributed by atoms with Gasteiger partial charge in [0.2, 0.25) is 0 Å². The quantitative estimate of drug-likeness (QED) is 0.121. The number of para-hydroxylation sites is 5. The Morgan fingerprint density at radius 2 is 0.823 bits per heavy atom. The maximum Gasteiger partial charge on any atom is 2.00 e. The summed E-state index contributed by atoms with van der Waals surface area (Å²) >= 11 is 0. The van der Waals surface area contributed by atoms with E-state index in [9.17, 15) is 0 Å². The first kappa shape index (κ1) is 42.7. The first-order chi connectivity index (χ1) is 29.6. The van der Waals surface area contributed by atoms with Gasteiger partial charge in [-0.1, -0.05) is 140 Å². The molecule has 0 bridgehead atoms. The van der Waals surface area contributed by atoms with E-state index in [0.29, 0.717) is 23.3 Å². The van der Waals surface area contributed by atoms with Gasteiger partial charge in [0.05, 0.1) is 33.7 Å². The van der Waals surface area contributed by atoms with Gasteiger partial charge in [0, 0.05) is 22.9 Å². The number of nitrogens with zero attached hydrogens (tertiary/aromatic N) is 4. The number of fused-ring (bicyclic) bond motifs is 2. The van der Waals surface area contributed by atoms with Gasteiger partial charge in [-0.3, -0.25) is 9.97 Å². The van der Waals surface area contributed by atoms with Gasteiger partial charge >= 0.3 is 21.1 Å². The van der Waals surface area contributed by atoms with E-state index in [4.69, 9.17) is 14.7 Å². The van der Waals surface area contributed by atoms with E-state index in [1.807, 2.05) is 24.3 Å². The molecule has 9 rings (SSSR count). The van der Waals surface area contributed by atoms with Crippen molar-refractivity contribution in [2.45, 2.75) is 79.1 Å². The van der Waals surface area contributed by atoms with Crippen LogP contribution >= 0.6 is 0 Å². The molecular formula is C56H52N4OPt. The number of imidazole rings is 2. The zero-order valence-corrected chi connectivity index (χ0v) is 39.0. The van der Waals surface area contributed by atoms with Crippen LogP contribution in [0.3, 0.4) is 0 Å². The standard InChI is InChI=1S/C56H52N4O.Pt/c1-35(2)45-25-18-26-46(36(3)4)53(45)59-51-29-14-12-27-49(51)57-55(59)40-21-16-23-43(31-40)61-44-24-17-22-41(32-44)56-58-50-28-13-15-30-52(50)60(56)54-47(37(5)6)33-42(34-48(54)38(7)8)39-19-10-9-11-20-39;/h9-30,33-38H,1-8H3;/q-2;+2. The van der Waals surface area contributed by atoms with Crippen molar-refractivity contribution in [3.05, 3.63) is 180 Å². The van der Waals surface area contributed by atoms with Crippen LogP contribution in [0.25, 0.3) is 67.3 Å². The molecule has 0 radical (unpaired) electrons. The molecule has 6 heteroatoms. The summed E-state index contributed by atoms with van der Waals surface area (Å²) < 4.78 is 11.3. The Morgan fingerprint density at radius 1 is 0.419 bits per heavy atom. The largest absolute Gasteiger partial charge is 2.00 e. The van der Waals surface area contributed by atoms with Crippen molar-refractivity contribution in [3.63, 3.8) is 0 Å². The maximum absolute atomic E-state index is 6.67. The second-order valence-electron chi connectivity index (χ2n) is 17.3. The number of aromatic nitrogens is 4. The summed E-state index contributed by atoms with van der Waals surface area (Å²) in [4.78, 5) is 10.5. The van der Waals surface area contributed by atoms with Crippen molar-refractivity contribution in [1.29, 1.82) is 0 Å². The van der Waals surface area contributed by atoms with Crippen molar-refractivity contribution < 1.29 is 25.8 Å². The number of hydrogen-bond acceptors (Lipinski definition) is 3. The normalized spacial score (nSPS) is 11.7. The van der Waals surface area contributed by atoms with Crippen molar-refractivity contribution in [2.24, 2.45) is 0 Å². The molecule has 312 valence electrons. The van der Waals surface area contributed by atoms with Gasteiger partial charge in [0.15, 0.2) is 0 Å². The smallest absolute Gasteiger partial charge is 0.497 e. The summed E-state index contributed by atoms with van der Waals surface area (Å²) in [6, 6.07) is 58.2. The molecule has 0 amide bonds. The average molecular weight is 992 g/mol. The minimum Gasteiger partial charge on any atom is -0.497 e. The molecule has 0 aliphatic heterocycles. The van der Waals surface area contributed by atoms with Gasteiger partial charge in [0.25, 0.3) is 0 Å². The molecule has 9 aromatic rings. The number of benzene rings is 7. The second kappa shape index (κ2) is 17.8. The summed E-state index contributed by atoms with van der Waals surface area (Å²) in [6.45, 7) is 18.2. The fraction of sp³-hybridized carbons (Fsp3) is 0.214. The SMILES string of the molecule is CC(C)c1cccc(C(C)C)c1-n1c(-c2[c-]c(Oc3[c-]c(-c4nc5ccccc5n4-c4c(C(C)C)cc(-c5ccccc5)cc4C(C)C)ccc3)ccc2)nc2ccccc21.[Pt+2]. The van der Waals surface area contributed by atoms with Crippen LogP contribution in [0.5, 0.6) is 11.5 Å². The van der Waals surface area contributed by atoms with Crippen LogP contribution < -0.4 is 4.74 Å². The van der Waals surface area contributed by atoms with Gasteiger partial charge in [0.1, 0.15) is 0 Å². The Balaban J connectivity index is 0.00000529. The molecule has 0 aliphatic carbocycles. The van der Waals surface area contributed by atoms with Crippen LogP contribution in [0.2, 0.25) is 0 Å². The third-order valence-corrected chi connectivity index (χ3v) is 11.7. The summed E-state index contributed by atoms with van der Waals surface area (Å²) in [6.07, 6.45) is 0. The molecule has 2 aromatic heterocycles.